The predicted octanol–water partition coefficient (Wildman–Crippen LogP) is 1.26. The molecule has 6 nitrogen and oxygen atoms in total. The van der Waals surface area contributed by atoms with Gasteiger partial charge in [-0.15, -0.1) is 11.8 Å². The van der Waals surface area contributed by atoms with Crippen LogP contribution in [0.1, 0.15) is 10.4 Å². The SMILES string of the molecule is CNC(=O)CSCC(=O)c1ccc([N+](=O)[O-])cc1. The van der Waals surface area contributed by atoms with Crippen LogP contribution in [0.5, 0.6) is 0 Å². The number of hydrogen-bond donors (Lipinski definition) is 1. The Morgan fingerprint density at radius 2 is 1.89 bits per heavy atom. The number of Topliss-reactive ketones (excluding diaryl/α,β-unsaturated/α-hetero) is 1. The van der Waals surface area contributed by atoms with Gasteiger partial charge in [0, 0.05) is 24.7 Å². The molecule has 0 unspecified atom stereocenters. The van der Waals surface area contributed by atoms with Crippen molar-refractivity contribution in [2.24, 2.45) is 0 Å². The van der Waals surface area contributed by atoms with Crippen LogP contribution in [0.4, 0.5) is 5.69 Å². The lowest BCUT2D eigenvalue weighted by Gasteiger charge is -2.01. The fourth-order valence-corrected chi connectivity index (χ4v) is 1.94. The van der Waals surface area contributed by atoms with Gasteiger partial charge in [0.2, 0.25) is 5.91 Å². The van der Waals surface area contributed by atoms with Crippen LogP contribution in [0.25, 0.3) is 0 Å². The van der Waals surface area contributed by atoms with E-state index in [-0.39, 0.29) is 28.9 Å². The lowest BCUT2D eigenvalue weighted by atomic mass is 10.1. The molecule has 0 radical (unpaired) electrons. The van der Waals surface area contributed by atoms with Crippen molar-refractivity contribution < 1.29 is 14.5 Å². The Kier molecular flexibility index (Phi) is 5.31. The minimum atomic E-state index is -0.519. The maximum atomic E-state index is 11.7. The number of non-ortho nitro benzene ring substituents is 1. The van der Waals surface area contributed by atoms with Crippen LogP contribution in [0.2, 0.25) is 0 Å². The van der Waals surface area contributed by atoms with Gasteiger partial charge < -0.3 is 5.32 Å². The molecule has 0 saturated carbocycles. The van der Waals surface area contributed by atoms with Crippen molar-refractivity contribution in [1.29, 1.82) is 0 Å². The standard InChI is InChI=1S/C11H12N2O4S/c1-12-11(15)7-18-6-10(14)8-2-4-9(5-3-8)13(16)17/h2-5H,6-7H2,1H3,(H,12,15). The van der Waals surface area contributed by atoms with Gasteiger partial charge in [0.25, 0.3) is 5.69 Å². The number of ketones is 1. The minimum absolute atomic E-state index is 0.0513. The summed E-state index contributed by atoms with van der Waals surface area (Å²) in [5, 5.41) is 12.9. The lowest BCUT2D eigenvalue weighted by Crippen LogP contribution is -2.20. The van der Waals surface area contributed by atoms with Crippen LogP contribution in [-0.2, 0) is 4.79 Å². The topological polar surface area (TPSA) is 89.3 Å². The normalized spacial score (nSPS) is 9.83. The summed E-state index contributed by atoms with van der Waals surface area (Å²) >= 11 is 1.20. The van der Waals surface area contributed by atoms with E-state index in [0.717, 1.165) is 0 Å². The molecular formula is C11H12N2O4S. The van der Waals surface area contributed by atoms with Crippen LogP contribution in [0.15, 0.2) is 24.3 Å². The maximum absolute atomic E-state index is 11.7. The van der Waals surface area contributed by atoms with E-state index in [0.29, 0.717) is 5.56 Å². The van der Waals surface area contributed by atoms with Gasteiger partial charge in [-0.1, -0.05) is 0 Å². The fourth-order valence-electron chi connectivity index (χ4n) is 1.16. The van der Waals surface area contributed by atoms with Crippen molar-refractivity contribution in [2.45, 2.75) is 0 Å². The zero-order valence-electron chi connectivity index (χ0n) is 9.71. The van der Waals surface area contributed by atoms with Gasteiger partial charge in [-0.2, -0.15) is 0 Å². The third kappa shape index (κ3) is 4.17. The molecule has 0 aliphatic heterocycles. The van der Waals surface area contributed by atoms with Crippen LogP contribution >= 0.6 is 11.8 Å². The molecule has 1 N–H and O–H groups in total. The number of benzene rings is 1. The number of nitro groups is 1. The predicted molar refractivity (Wildman–Crippen MR) is 68.8 cm³/mol. The summed E-state index contributed by atoms with van der Waals surface area (Å²) in [6, 6.07) is 5.41. The molecule has 1 aromatic rings. The molecule has 1 rings (SSSR count). The molecule has 0 spiro atoms. The number of nitrogens with zero attached hydrogens (tertiary/aromatic N) is 1. The number of nitrogens with one attached hydrogen (secondary N) is 1. The van der Waals surface area contributed by atoms with Crippen LogP contribution in [0, 0.1) is 10.1 Å². The lowest BCUT2D eigenvalue weighted by molar-refractivity contribution is -0.384. The molecule has 18 heavy (non-hydrogen) atoms. The van der Waals surface area contributed by atoms with Gasteiger partial charge >= 0.3 is 0 Å². The van der Waals surface area contributed by atoms with E-state index in [1.54, 1.807) is 0 Å². The monoisotopic (exact) mass is 268 g/mol. The number of carbonyl (C=O) groups excluding carboxylic acids is 2. The summed E-state index contributed by atoms with van der Waals surface area (Å²) < 4.78 is 0. The van der Waals surface area contributed by atoms with Crippen molar-refractivity contribution in [3.63, 3.8) is 0 Å². The van der Waals surface area contributed by atoms with Crippen molar-refractivity contribution in [1.82, 2.24) is 5.32 Å². The van der Waals surface area contributed by atoms with E-state index in [1.165, 1.54) is 43.1 Å². The van der Waals surface area contributed by atoms with Crippen molar-refractivity contribution in [3.05, 3.63) is 39.9 Å². The number of rotatable bonds is 6. The number of carbonyl (C=O) groups is 2. The maximum Gasteiger partial charge on any atom is 0.269 e. The molecule has 0 aliphatic rings. The number of hydrogen-bond acceptors (Lipinski definition) is 5. The second kappa shape index (κ2) is 6.75. The molecule has 0 aromatic heterocycles. The Morgan fingerprint density at radius 3 is 2.39 bits per heavy atom. The number of amides is 1. The van der Waals surface area contributed by atoms with Gasteiger partial charge in [0.05, 0.1) is 16.4 Å². The third-order valence-corrected chi connectivity index (χ3v) is 3.08. The van der Waals surface area contributed by atoms with Crippen LogP contribution in [-0.4, -0.2) is 35.2 Å². The summed E-state index contributed by atoms with van der Waals surface area (Å²) in [5.74, 6) is 0.0933. The molecule has 0 saturated heterocycles. The summed E-state index contributed by atoms with van der Waals surface area (Å²) in [4.78, 5) is 32.5. The van der Waals surface area contributed by atoms with E-state index in [2.05, 4.69) is 5.32 Å². The van der Waals surface area contributed by atoms with Gasteiger partial charge in [-0.25, -0.2) is 0 Å². The average molecular weight is 268 g/mol. The van der Waals surface area contributed by atoms with Crippen molar-refractivity contribution in [2.75, 3.05) is 18.6 Å². The van der Waals surface area contributed by atoms with Crippen molar-refractivity contribution >= 4 is 29.1 Å². The molecule has 0 fully saturated rings. The first-order valence-electron chi connectivity index (χ1n) is 5.10. The first-order chi connectivity index (χ1) is 8.54. The molecule has 0 heterocycles. The highest BCUT2D eigenvalue weighted by atomic mass is 32.2. The summed E-state index contributed by atoms with van der Waals surface area (Å²) in [7, 11) is 1.53. The Bertz CT molecular complexity index is 459. The van der Waals surface area contributed by atoms with E-state index in [4.69, 9.17) is 0 Å². The van der Waals surface area contributed by atoms with Gasteiger partial charge in [-0.3, -0.25) is 19.7 Å². The molecular weight excluding hydrogens is 256 g/mol. The van der Waals surface area contributed by atoms with Crippen molar-refractivity contribution in [3.8, 4) is 0 Å². The molecule has 1 aromatic carbocycles. The highest BCUT2D eigenvalue weighted by Crippen LogP contribution is 2.13. The van der Waals surface area contributed by atoms with Gasteiger partial charge in [0.15, 0.2) is 5.78 Å². The van der Waals surface area contributed by atoms with Gasteiger partial charge in [0.1, 0.15) is 0 Å². The summed E-state index contributed by atoms with van der Waals surface area (Å²) in [6.45, 7) is 0. The average Bonchev–Trinajstić information content (AvgIpc) is 2.38. The second-order valence-electron chi connectivity index (χ2n) is 3.39. The fraction of sp³-hybridized carbons (Fsp3) is 0.273. The van der Waals surface area contributed by atoms with Crippen LogP contribution < -0.4 is 5.32 Å². The van der Waals surface area contributed by atoms with E-state index < -0.39 is 4.92 Å². The Labute approximate surface area is 108 Å². The Hall–Kier alpha value is -1.89. The largest absolute Gasteiger partial charge is 0.358 e. The molecule has 0 aliphatic carbocycles. The van der Waals surface area contributed by atoms with Crippen LogP contribution in [0.3, 0.4) is 0 Å². The second-order valence-corrected chi connectivity index (χ2v) is 4.38. The molecule has 1 amide bonds. The molecule has 96 valence electrons. The highest BCUT2D eigenvalue weighted by molar-refractivity contribution is 8.00. The minimum Gasteiger partial charge on any atom is -0.358 e. The zero-order chi connectivity index (χ0) is 13.5. The smallest absolute Gasteiger partial charge is 0.269 e. The Morgan fingerprint density at radius 1 is 1.28 bits per heavy atom. The first-order valence-corrected chi connectivity index (χ1v) is 6.26. The first kappa shape index (κ1) is 14.2. The number of nitro benzene ring substituents is 1. The molecule has 0 atom stereocenters. The summed E-state index contributed by atoms with van der Waals surface area (Å²) in [6.07, 6.45) is 0. The Balaban J connectivity index is 2.51. The third-order valence-electron chi connectivity index (χ3n) is 2.15. The quantitative estimate of drug-likeness (QED) is 0.476. The van der Waals surface area contributed by atoms with E-state index in [1.807, 2.05) is 0 Å². The summed E-state index contributed by atoms with van der Waals surface area (Å²) in [5.41, 5.74) is 0.356. The molecule has 7 heteroatoms. The van der Waals surface area contributed by atoms with Gasteiger partial charge in [-0.05, 0) is 12.1 Å². The van der Waals surface area contributed by atoms with E-state index >= 15 is 0 Å². The zero-order valence-corrected chi connectivity index (χ0v) is 10.5. The number of thioether (sulfide) groups is 1. The van der Waals surface area contributed by atoms with E-state index in [9.17, 15) is 19.7 Å². The molecule has 0 bridgehead atoms. The highest BCUT2D eigenvalue weighted by Gasteiger charge is 2.10.